The van der Waals surface area contributed by atoms with Gasteiger partial charge >= 0.3 is 0 Å². The van der Waals surface area contributed by atoms with Crippen LogP contribution in [0.2, 0.25) is 0 Å². The van der Waals surface area contributed by atoms with Crippen LogP contribution in [0.3, 0.4) is 0 Å². The van der Waals surface area contributed by atoms with Gasteiger partial charge in [-0.2, -0.15) is 0 Å². The molecule has 0 amide bonds. The summed E-state index contributed by atoms with van der Waals surface area (Å²) in [5.74, 6) is 0. The van der Waals surface area contributed by atoms with Crippen LogP contribution in [0.15, 0.2) is 188 Å². The molecule has 0 spiro atoms. The fraction of sp³-hybridized carbons (Fsp3) is 0.107. The summed E-state index contributed by atoms with van der Waals surface area (Å²) in [6, 6.07) is 70.0. The van der Waals surface area contributed by atoms with Crippen molar-refractivity contribution in [1.82, 2.24) is 0 Å². The van der Waals surface area contributed by atoms with Crippen molar-refractivity contribution in [2.75, 3.05) is 4.90 Å². The summed E-state index contributed by atoms with van der Waals surface area (Å²) in [7, 11) is 0. The van der Waals surface area contributed by atoms with E-state index in [0.29, 0.717) is 0 Å². The smallest absolute Gasteiger partial charge is 0.0544 e. The fourth-order valence-corrected chi connectivity index (χ4v) is 10.1. The molecule has 57 heavy (non-hydrogen) atoms. The van der Waals surface area contributed by atoms with Crippen molar-refractivity contribution in [1.29, 1.82) is 0 Å². The van der Waals surface area contributed by atoms with Crippen LogP contribution in [-0.4, -0.2) is 0 Å². The Balaban J connectivity index is 1.14. The maximum absolute atomic E-state index is 2.58. The zero-order valence-corrected chi connectivity index (χ0v) is 32.8. The van der Waals surface area contributed by atoms with Gasteiger partial charge in [0.15, 0.2) is 0 Å². The van der Waals surface area contributed by atoms with Crippen LogP contribution in [0.1, 0.15) is 49.9 Å². The Morgan fingerprint density at radius 3 is 1.21 bits per heavy atom. The van der Waals surface area contributed by atoms with Crippen LogP contribution in [0.5, 0.6) is 0 Å². The third kappa shape index (κ3) is 4.95. The highest BCUT2D eigenvalue weighted by atomic mass is 15.2. The molecule has 0 bridgehead atoms. The Kier molecular flexibility index (Phi) is 7.32. The SMILES string of the molecule is CC1(C)c2ccccc2N2c3ccc(-c4ccc(-c5ccccc5)c5ccccc45)cc3C(C)(C)c3cc(-c4ccc(-c5ccccc5)c5ccccc45)cc1c32. The molecular weight excluding hydrogens is 687 g/mol. The monoisotopic (exact) mass is 729 g/mol. The van der Waals surface area contributed by atoms with Gasteiger partial charge in [0.25, 0.3) is 0 Å². The molecular formula is C56H43N. The van der Waals surface area contributed by atoms with Gasteiger partial charge in [-0.1, -0.05) is 185 Å². The number of nitrogens with zero attached hydrogens (tertiary/aromatic N) is 1. The first-order valence-corrected chi connectivity index (χ1v) is 20.2. The Labute approximate surface area is 335 Å². The van der Waals surface area contributed by atoms with Crippen LogP contribution in [0.25, 0.3) is 66.1 Å². The molecule has 0 unspecified atom stereocenters. The van der Waals surface area contributed by atoms with Crippen molar-refractivity contribution in [3.8, 4) is 44.5 Å². The van der Waals surface area contributed by atoms with Gasteiger partial charge in [0.1, 0.15) is 0 Å². The van der Waals surface area contributed by atoms with Crippen LogP contribution >= 0.6 is 0 Å². The van der Waals surface area contributed by atoms with Crippen molar-refractivity contribution < 1.29 is 0 Å². The molecule has 9 aromatic carbocycles. The van der Waals surface area contributed by atoms with Crippen molar-refractivity contribution in [2.45, 2.75) is 38.5 Å². The van der Waals surface area contributed by atoms with E-state index in [4.69, 9.17) is 0 Å². The lowest BCUT2D eigenvalue weighted by Crippen LogP contribution is -2.38. The summed E-state index contributed by atoms with van der Waals surface area (Å²) in [5, 5.41) is 5.10. The number of benzene rings is 9. The molecule has 0 radical (unpaired) electrons. The summed E-state index contributed by atoms with van der Waals surface area (Å²) >= 11 is 0. The van der Waals surface area contributed by atoms with Gasteiger partial charge in [-0.05, 0) is 119 Å². The number of para-hydroxylation sites is 1. The second-order valence-electron chi connectivity index (χ2n) is 16.9. The topological polar surface area (TPSA) is 3.24 Å². The predicted octanol–water partition coefficient (Wildman–Crippen LogP) is 15.4. The van der Waals surface area contributed by atoms with Gasteiger partial charge < -0.3 is 4.90 Å². The quantitative estimate of drug-likeness (QED) is 0.174. The Morgan fingerprint density at radius 2 is 0.684 bits per heavy atom. The van der Waals surface area contributed by atoms with Crippen LogP contribution in [-0.2, 0) is 10.8 Å². The summed E-state index contributed by atoms with van der Waals surface area (Å²) in [5.41, 5.74) is 18.8. The average Bonchev–Trinajstić information content (AvgIpc) is 3.26. The van der Waals surface area contributed by atoms with Crippen molar-refractivity contribution in [2.24, 2.45) is 0 Å². The molecule has 272 valence electrons. The highest BCUT2D eigenvalue weighted by molar-refractivity contribution is 6.07. The minimum Gasteiger partial charge on any atom is -0.309 e. The first kappa shape index (κ1) is 33.6. The highest BCUT2D eigenvalue weighted by Crippen LogP contribution is 2.61. The van der Waals surface area contributed by atoms with Gasteiger partial charge in [0.2, 0.25) is 0 Å². The molecule has 0 saturated carbocycles. The predicted molar refractivity (Wildman–Crippen MR) is 242 cm³/mol. The molecule has 0 N–H and O–H groups in total. The molecule has 2 aliphatic heterocycles. The molecule has 1 nitrogen and oxygen atoms in total. The van der Waals surface area contributed by atoms with Gasteiger partial charge in [0.05, 0.1) is 17.1 Å². The zero-order chi connectivity index (χ0) is 38.5. The number of hydrogen-bond donors (Lipinski definition) is 0. The van der Waals surface area contributed by atoms with Crippen molar-refractivity contribution in [3.05, 3.63) is 210 Å². The van der Waals surface area contributed by atoms with Crippen molar-refractivity contribution in [3.63, 3.8) is 0 Å². The maximum Gasteiger partial charge on any atom is 0.0544 e. The second-order valence-corrected chi connectivity index (χ2v) is 16.9. The van der Waals surface area contributed by atoms with Gasteiger partial charge in [-0.3, -0.25) is 0 Å². The third-order valence-electron chi connectivity index (χ3n) is 13.0. The first-order chi connectivity index (χ1) is 27.8. The summed E-state index contributed by atoms with van der Waals surface area (Å²) < 4.78 is 0. The molecule has 0 aliphatic carbocycles. The zero-order valence-electron chi connectivity index (χ0n) is 32.8. The lowest BCUT2D eigenvalue weighted by molar-refractivity contribution is 0.598. The molecule has 1 heteroatoms. The molecule has 0 atom stereocenters. The van der Waals surface area contributed by atoms with E-state index in [1.807, 2.05) is 0 Å². The van der Waals surface area contributed by atoms with Crippen LogP contribution in [0, 0.1) is 0 Å². The molecule has 0 saturated heterocycles. The number of fused-ring (bicyclic) bond motifs is 6. The minimum absolute atomic E-state index is 0.208. The van der Waals surface area contributed by atoms with E-state index in [1.54, 1.807) is 0 Å². The normalized spacial score (nSPS) is 14.6. The molecule has 2 heterocycles. The van der Waals surface area contributed by atoms with E-state index in [2.05, 4.69) is 221 Å². The van der Waals surface area contributed by atoms with Crippen LogP contribution in [0.4, 0.5) is 17.1 Å². The summed E-state index contributed by atoms with van der Waals surface area (Å²) in [6.07, 6.45) is 0. The van der Waals surface area contributed by atoms with Crippen LogP contribution < -0.4 is 4.90 Å². The molecule has 2 aliphatic rings. The highest BCUT2D eigenvalue weighted by Gasteiger charge is 2.46. The van der Waals surface area contributed by atoms with Crippen molar-refractivity contribution >= 4 is 38.6 Å². The Morgan fingerprint density at radius 1 is 0.298 bits per heavy atom. The minimum atomic E-state index is -0.288. The molecule has 0 aromatic heterocycles. The second kappa shape index (κ2) is 12.4. The largest absolute Gasteiger partial charge is 0.309 e. The van der Waals surface area contributed by atoms with E-state index in [9.17, 15) is 0 Å². The Hall–Kier alpha value is -6.70. The molecule has 11 rings (SSSR count). The average molecular weight is 730 g/mol. The van der Waals surface area contributed by atoms with E-state index < -0.39 is 0 Å². The fourth-order valence-electron chi connectivity index (χ4n) is 10.1. The summed E-state index contributed by atoms with van der Waals surface area (Å²) in [4.78, 5) is 2.58. The van der Waals surface area contributed by atoms with E-state index in [-0.39, 0.29) is 10.8 Å². The van der Waals surface area contributed by atoms with E-state index in [1.165, 1.54) is 105 Å². The van der Waals surface area contributed by atoms with Gasteiger partial charge in [-0.15, -0.1) is 0 Å². The third-order valence-corrected chi connectivity index (χ3v) is 13.0. The first-order valence-electron chi connectivity index (χ1n) is 20.2. The molecule has 9 aromatic rings. The molecule has 0 fully saturated rings. The lowest BCUT2D eigenvalue weighted by atomic mass is 9.65. The van der Waals surface area contributed by atoms with Gasteiger partial charge in [0, 0.05) is 10.8 Å². The number of anilines is 3. The summed E-state index contributed by atoms with van der Waals surface area (Å²) in [6.45, 7) is 9.70. The Bertz CT molecular complexity index is 3060. The lowest BCUT2D eigenvalue weighted by Gasteiger charge is -2.50. The van der Waals surface area contributed by atoms with E-state index >= 15 is 0 Å². The number of hydrogen-bond acceptors (Lipinski definition) is 1. The van der Waals surface area contributed by atoms with E-state index in [0.717, 1.165) is 0 Å². The van der Waals surface area contributed by atoms with Gasteiger partial charge in [-0.25, -0.2) is 0 Å². The standard InChI is InChI=1S/C56H43N/c1-55(2)48-25-15-16-26-52(48)57-53-32-27-38(42-30-28-40(36-17-7-5-8-18-36)44-21-11-13-23-46(42)44)33-49(53)56(3,4)51-35-39(34-50(55)54(51)57)43-31-29-41(37-19-9-6-10-20-37)45-22-12-14-24-47(43)45/h5-35H,1-4H3. The maximum atomic E-state index is 2.58. The number of rotatable bonds is 4.